The smallest absolute Gasteiger partial charge is 0.451 e. The lowest BCUT2D eigenvalue weighted by Gasteiger charge is -2.35. The second kappa shape index (κ2) is 9.18. The maximum Gasteiger partial charge on any atom is 0.451 e. The Balaban J connectivity index is 1.54. The molecule has 4 rings (SSSR count). The van der Waals surface area contributed by atoms with E-state index >= 15 is 0 Å². The molecule has 0 aliphatic carbocycles. The summed E-state index contributed by atoms with van der Waals surface area (Å²) in [4.78, 5) is 20.8. The number of aromatic nitrogens is 2. The normalized spacial score (nSPS) is 15.5. The van der Waals surface area contributed by atoms with Gasteiger partial charge in [0, 0.05) is 31.6 Å². The van der Waals surface area contributed by atoms with Crippen molar-refractivity contribution in [2.45, 2.75) is 18.0 Å². The summed E-state index contributed by atoms with van der Waals surface area (Å²) in [7, 11) is -3.85. The fourth-order valence-electron chi connectivity index (χ4n) is 3.69. The fourth-order valence-corrected chi connectivity index (χ4v) is 5.12. The number of esters is 1. The highest BCUT2D eigenvalue weighted by molar-refractivity contribution is 7.89. The first-order valence-electron chi connectivity index (χ1n) is 10.5. The van der Waals surface area contributed by atoms with E-state index in [4.69, 9.17) is 4.74 Å². The number of benzene rings is 2. The molecule has 180 valence electrons. The van der Waals surface area contributed by atoms with Gasteiger partial charge in [0.15, 0.2) is 0 Å². The molecule has 0 spiro atoms. The van der Waals surface area contributed by atoms with Crippen LogP contribution in [0.15, 0.2) is 53.4 Å². The average Bonchev–Trinajstić information content (AvgIpc) is 2.83. The van der Waals surface area contributed by atoms with Crippen LogP contribution in [0.25, 0.3) is 10.9 Å². The molecule has 1 aromatic heterocycles. The Kier molecular flexibility index (Phi) is 6.45. The van der Waals surface area contributed by atoms with Crippen LogP contribution in [0.3, 0.4) is 0 Å². The first-order valence-corrected chi connectivity index (χ1v) is 11.9. The van der Waals surface area contributed by atoms with E-state index in [0.717, 1.165) is 0 Å². The molecule has 0 N–H and O–H groups in total. The Labute approximate surface area is 194 Å². The lowest BCUT2D eigenvalue weighted by molar-refractivity contribution is -0.144. The molecule has 0 unspecified atom stereocenters. The Bertz CT molecular complexity index is 1310. The molecule has 0 bridgehead atoms. The number of para-hydroxylation sites is 1. The van der Waals surface area contributed by atoms with Crippen LogP contribution in [0.2, 0.25) is 0 Å². The second-order valence-electron chi connectivity index (χ2n) is 7.52. The molecular weight excluding hydrogens is 473 g/mol. The van der Waals surface area contributed by atoms with Crippen molar-refractivity contribution in [2.75, 3.05) is 37.7 Å². The number of halogens is 3. The third kappa shape index (κ3) is 4.68. The van der Waals surface area contributed by atoms with Crippen LogP contribution in [-0.4, -0.2) is 61.4 Å². The van der Waals surface area contributed by atoms with Crippen LogP contribution in [0.5, 0.6) is 0 Å². The number of alkyl halides is 3. The topological polar surface area (TPSA) is 92.7 Å². The molecule has 1 aliphatic rings. The molecular formula is C22H21F3N4O4S. The highest BCUT2D eigenvalue weighted by atomic mass is 32.2. The highest BCUT2D eigenvalue weighted by Gasteiger charge is 2.37. The zero-order valence-electron chi connectivity index (χ0n) is 18.1. The molecule has 3 aromatic rings. The minimum Gasteiger partial charge on any atom is -0.462 e. The number of ether oxygens (including phenoxy) is 1. The van der Waals surface area contributed by atoms with Crippen molar-refractivity contribution in [3.8, 4) is 0 Å². The van der Waals surface area contributed by atoms with Gasteiger partial charge in [-0.15, -0.1) is 0 Å². The first-order chi connectivity index (χ1) is 16.1. The standard InChI is InChI=1S/C22H21F3N4O4S/c1-2-33-20(30)15-7-9-16(10-8-15)34(31,32)29-13-11-28(12-14-29)19-17-5-3-4-6-18(17)26-21(27-19)22(23,24)25/h3-10H,2,11-14H2,1H3. The van der Waals surface area contributed by atoms with E-state index in [9.17, 15) is 26.4 Å². The average molecular weight is 494 g/mol. The van der Waals surface area contributed by atoms with E-state index in [1.165, 1.54) is 34.6 Å². The predicted octanol–water partition coefficient (Wildman–Crippen LogP) is 3.34. The van der Waals surface area contributed by atoms with Gasteiger partial charge in [-0.05, 0) is 43.3 Å². The van der Waals surface area contributed by atoms with E-state index < -0.39 is 28.0 Å². The van der Waals surface area contributed by atoms with Gasteiger partial charge in [0.2, 0.25) is 15.8 Å². The van der Waals surface area contributed by atoms with E-state index in [-0.39, 0.29) is 54.6 Å². The van der Waals surface area contributed by atoms with Crippen LogP contribution < -0.4 is 4.90 Å². The quantitative estimate of drug-likeness (QED) is 0.503. The molecule has 1 aliphatic heterocycles. The minimum absolute atomic E-state index is 0.0147. The van der Waals surface area contributed by atoms with Gasteiger partial charge in [0.1, 0.15) is 5.82 Å². The fraction of sp³-hybridized carbons (Fsp3) is 0.318. The number of hydrogen-bond donors (Lipinski definition) is 0. The number of nitrogens with zero attached hydrogens (tertiary/aromatic N) is 4. The number of piperazine rings is 1. The molecule has 0 saturated carbocycles. The van der Waals surface area contributed by atoms with Crippen LogP contribution in [-0.2, 0) is 20.9 Å². The van der Waals surface area contributed by atoms with Gasteiger partial charge in [0.05, 0.1) is 22.6 Å². The van der Waals surface area contributed by atoms with Crippen molar-refractivity contribution in [1.29, 1.82) is 0 Å². The summed E-state index contributed by atoms with van der Waals surface area (Å²) in [6.45, 7) is 2.29. The number of rotatable bonds is 5. The second-order valence-corrected chi connectivity index (χ2v) is 9.46. The van der Waals surface area contributed by atoms with Crippen molar-refractivity contribution in [1.82, 2.24) is 14.3 Å². The number of fused-ring (bicyclic) bond motifs is 1. The predicted molar refractivity (Wildman–Crippen MR) is 118 cm³/mol. The molecule has 12 heteroatoms. The van der Waals surface area contributed by atoms with Crippen LogP contribution >= 0.6 is 0 Å². The van der Waals surface area contributed by atoms with Gasteiger partial charge in [0.25, 0.3) is 0 Å². The van der Waals surface area contributed by atoms with Gasteiger partial charge in [-0.2, -0.15) is 17.5 Å². The third-order valence-electron chi connectivity index (χ3n) is 5.38. The van der Waals surface area contributed by atoms with Crippen molar-refractivity contribution in [2.24, 2.45) is 0 Å². The van der Waals surface area contributed by atoms with Crippen LogP contribution in [0.4, 0.5) is 19.0 Å². The number of anilines is 1. The van der Waals surface area contributed by atoms with Gasteiger partial charge < -0.3 is 9.64 Å². The molecule has 1 saturated heterocycles. The Hall–Kier alpha value is -3.25. The Morgan fingerprint density at radius 2 is 1.65 bits per heavy atom. The maximum absolute atomic E-state index is 13.3. The molecule has 34 heavy (non-hydrogen) atoms. The lowest BCUT2D eigenvalue weighted by Crippen LogP contribution is -2.49. The SMILES string of the molecule is CCOC(=O)c1ccc(S(=O)(=O)N2CCN(c3nc(C(F)(F)F)nc4ccccc34)CC2)cc1. The van der Waals surface area contributed by atoms with E-state index in [0.29, 0.717) is 5.39 Å². The summed E-state index contributed by atoms with van der Waals surface area (Å²) in [5, 5.41) is 0.460. The molecule has 0 atom stereocenters. The van der Waals surface area contributed by atoms with E-state index in [2.05, 4.69) is 9.97 Å². The van der Waals surface area contributed by atoms with Gasteiger partial charge in [-0.3, -0.25) is 0 Å². The number of hydrogen-bond acceptors (Lipinski definition) is 7. The largest absolute Gasteiger partial charge is 0.462 e. The number of sulfonamides is 1. The molecule has 8 nitrogen and oxygen atoms in total. The van der Waals surface area contributed by atoms with Gasteiger partial charge in [-0.1, -0.05) is 12.1 Å². The summed E-state index contributed by atoms with van der Waals surface area (Å²) in [6.07, 6.45) is -4.71. The number of carbonyl (C=O) groups is 1. The minimum atomic E-state index is -4.71. The van der Waals surface area contributed by atoms with Gasteiger partial charge >= 0.3 is 12.1 Å². The summed E-state index contributed by atoms with van der Waals surface area (Å²) >= 11 is 0. The van der Waals surface area contributed by atoms with Gasteiger partial charge in [-0.25, -0.2) is 23.2 Å². The molecule has 2 aromatic carbocycles. The zero-order chi connectivity index (χ0) is 24.5. The third-order valence-corrected chi connectivity index (χ3v) is 7.29. The molecule has 0 radical (unpaired) electrons. The van der Waals surface area contributed by atoms with Crippen molar-refractivity contribution < 1.29 is 31.1 Å². The molecule has 0 amide bonds. The summed E-state index contributed by atoms with van der Waals surface area (Å²) in [5.41, 5.74) is 0.401. The molecule has 2 heterocycles. The summed E-state index contributed by atoms with van der Waals surface area (Å²) in [5.74, 6) is -1.66. The molecule has 1 fully saturated rings. The Morgan fingerprint density at radius 3 is 2.26 bits per heavy atom. The zero-order valence-corrected chi connectivity index (χ0v) is 18.9. The lowest BCUT2D eigenvalue weighted by atomic mass is 10.2. The van der Waals surface area contributed by atoms with Crippen LogP contribution in [0, 0.1) is 0 Å². The summed E-state index contributed by atoms with van der Waals surface area (Å²) in [6, 6.07) is 11.8. The Morgan fingerprint density at radius 1 is 1.00 bits per heavy atom. The summed E-state index contributed by atoms with van der Waals surface area (Å²) < 4.78 is 72.3. The van der Waals surface area contributed by atoms with E-state index in [1.807, 2.05) is 0 Å². The number of carbonyl (C=O) groups excluding carboxylic acids is 1. The van der Waals surface area contributed by atoms with Crippen molar-refractivity contribution in [3.63, 3.8) is 0 Å². The monoisotopic (exact) mass is 494 g/mol. The highest BCUT2D eigenvalue weighted by Crippen LogP contribution is 2.32. The van der Waals surface area contributed by atoms with Crippen LogP contribution in [0.1, 0.15) is 23.1 Å². The maximum atomic E-state index is 13.3. The first kappa shape index (κ1) is 23.9. The van der Waals surface area contributed by atoms with E-state index in [1.54, 1.807) is 30.0 Å². The van der Waals surface area contributed by atoms with Crippen molar-refractivity contribution >= 4 is 32.7 Å². The van der Waals surface area contributed by atoms with Crippen molar-refractivity contribution in [3.05, 3.63) is 59.9 Å².